The maximum Gasteiger partial charge on any atom is 0.237 e. The first-order valence-corrected chi connectivity index (χ1v) is 7.15. The molecule has 5 heteroatoms. The number of carbonyl (C=O) groups is 1. The summed E-state index contributed by atoms with van der Waals surface area (Å²) in [6.07, 6.45) is 0. The van der Waals surface area contributed by atoms with E-state index in [1.165, 1.54) is 0 Å². The largest absolute Gasteiger partial charge is 0.350 e. The van der Waals surface area contributed by atoms with Gasteiger partial charge in [-0.05, 0) is 27.7 Å². The zero-order valence-electron chi connectivity index (χ0n) is 10.9. The fraction of sp³-hybridized carbons (Fsp3) is 0.909. The lowest BCUT2D eigenvalue weighted by Gasteiger charge is -2.23. The van der Waals surface area contributed by atoms with Gasteiger partial charge >= 0.3 is 0 Å². The van der Waals surface area contributed by atoms with Crippen LogP contribution in [0.2, 0.25) is 0 Å². The summed E-state index contributed by atoms with van der Waals surface area (Å²) in [6.45, 7) is 10.2. The lowest BCUT2D eigenvalue weighted by atomic mass is 10.1. The molecule has 0 aromatic heterocycles. The van der Waals surface area contributed by atoms with Gasteiger partial charge in [-0.3, -0.25) is 9.00 Å². The van der Waals surface area contributed by atoms with Gasteiger partial charge in [0.2, 0.25) is 5.91 Å². The van der Waals surface area contributed by atoms with Gasteiger partial charge < -0.3 is 10.6 Å². The van der Waals surface area contributed by atoms with Gasteiger partial charge in [-0.15, -0.1) is 0 Å². The van der Waals surface area contributed by atoms with Crippen molar-refractivity contribution in [3.05, 3.63) is 0 Å². The van der Waals surface area contributed by atoms with Crippen LogP contribution in [-0.2, 0) is 15.6 Å². The normalized spacial score (nSPS) is 15.6. The summed E-state index contributed by atoms with van der Waals surface area (Å²) in [4.78, 5) is 11.7. The number of nitrogens with one attached hydrogen (secondary N) is 2. The van der Waals surface area contributed by atoms with Gasteiger partial charge in [0.25, 0.3) is 0 Å². The lowest BCUT2D eigenvalue weighted by Crippen LogP contribution is -2.50. The molecule has 96 valence electrons. The molecule has 0 aliphatic rings. The van der Waals surface area contributed by atoms with Gasteiger partial charge in [0.15, 0.2) is 0 Å². The van der Waals surface area contributed by atoms with Crippen molar-refractivity contribution in [3.8, 4) is 0 Å². The molecule has 2 unspecified atom stereocenters. The first-order valence-electron chi connectivity index (χ1n) is 5.66. The Labute approximate surface area is 101 Å². The highest BCUT2D eigenvalue weighted by Crippen LogP contribution is 1.99. The Morgan fingerprint density at radius 3 is 2.38 bits per heavy atom. The van der Waals surface area contributed by atoms with Crippen LogP contribution in [0.4, 0.5) is 0 Å². The van der Waals surface area contributed by atoms with Crippen LogP contribution in [-0.4, -0.2) is 39.7 Å². The van der Waals surface area contributed by atoms with E-state index in [1.807, 2.05) is 34.6 Å². The van der Waals surface area contributed by atoms with Gasteiger partial charge in [-0.2, -0.15) is 0 Å². The molecule has 0 saturated heterocycles. The van der Waals surface area contributed by atoms with Crippen molar-refractivity contribution in [3.63, 3.8) is 0 Å². The third-order valence-electron chi connectivity index (χ3n) is 1.99. The Kier molecular flexibility index (Phi) is 6.83. The zero-order chi connectivity index (χ0) is 12.8. The molecule has 0 rings (SSSR count). The number of carbonyl (C=O) groups excluding carboxylic acids is 1. The molecule has 0 aliphatic heterocycles. The maximum absolute atomic E-state index is 11.7. The first-order chi connectivity index (χ1) is 7.26. The van der Waals surface area contributed by atoms with E-state index in [-0.39, 0.29) is 17.5 Å². The molecular formula is C11H24N2O2S. The van der Waals surface area contributed by atoms with E-state index < -0.39 is 10.8 Å². The van der Waals surface area contributed by atoms with E-state index in [0.717, 1.165) is 0 Å². The molecule has 16 heavy (non-hydrogen) atoms. The van der Waals surface area contributed by atoms with Crippen LogP contribution in [0, 0.1) is 0 Å². The molecule has 0 aromatic rings. The van der Waals surface area contributed by atoms with Crippen molar-refractivity contribution in [2.75, 3.05) is 18.1 Å². The van der Waals surface area contributed by atoms with Crippen molar-refractivity contribution in [2.24, 2.45) is 0 Å². The van der Waals surface area contributed by atoms with Crippen LogP contribution in [0.5, 0.6) is 0 Å². The van der Waals surface area contributed by atoms with Crippen molar-refractivity contribution < 1.29 is 9.00 Å². The Balaban J connectivity index is 3.84. The number of rotatable bonds is 6. The topological polar surface area (TPSA) is 58.2 Å². The highest BCUT2D eigenvalue weighted by atomic mass is 32.2. The molecule has 1 amide bonds. The van der Waals surface area contributed by atoms with E-state index in [4.69, 9.17) is 0 Å². The molecule has 0 spiro atoms. The zero-order valence-corrected chi connectivity index (χ0v) is 11.7. The number of hydrogen-bond acceptors (Lipinski definition) is 3. The van der Waals surface area contributed by atoms with Crippen LogP contribution < -0.4 is 10.6 Å². The Morgan fingerprint density at radius 2 is 1.94 bits per heavy atom. The Hall–Kier alpha value is -0.420. The van der Waals surface area contributed by atoms with Gasteiger partial charge in [0, 0.05) is 34.4 Å². The average molecular weight is 248 g/mol. The molecule has 4 nitrogen and oxygen atoms in total. The van der Waals surface area contributed by atoms with Gasteiger partial charge in [-0.1, -0.05) is 6.92 Å². The molecule has 0 aromatic carbocycles. The third kappa shape index (κ3) is 7.82. The summed E-state index contributed by atoms with van der Waals surface area (Å²) in [5.74, 6) is 1.25. The van der Waals surface area contributed by atoms with Crippen LogP contribution >= 0.6 is 0 Å². The highest BCUT2D eigenvalue weighted by Gasteiger charge is 2.18. The number of amides is 1. The smallest absolute Gasteiger partial charge is 0.237 e. The Morgan fingerprint density at radius 1 is 1.38 bits per heavy atom. The summed E-state index contributed by atoms with van der Waals surface area (Å²) >= 11 is 0. The number of hydrogen-bond donors (Lipinski definition) is 2. The SMILES string of the molecule is CCS(=O)CCNC(C)C(=O)NC(C)(C)C. The summed E-state index contributed by atoms with van der Waals surface area (Å²) < 4.78 is 11.2. The quantitative estimate of drug-likeness (QED) is 0.725. The summed E-state index contributed by atoms with van der Waals surface area (Å²) in [7, 11) is -0.770. The molecule has 0 saturated carbocycles. The Bertz CT molecular complexity index is 249. The minimum Gasteiger partial charge on any atom is -0.350 e. The van der Waals surface area contributed by atoms with Crippen molar-refractivity contribution in [2.45, 2.75) is 46.2 Å². The summed E-state index contributed by atoms with van der Waals surface area (Å²) in [5.41, 5.74) is -0.209. The van der Waals surface area contributed by atoms with E-state index in [0.29, 0.717) is 18.1 Å². The van der Waals surface area contributed by atoms with E-state index in [2.05, 4.69) is 10.6 Å². The fourth-order valence-corrected chi connectivity index (χ4v) is 1.74. The second kappa shape index (κ2) is 7.01. The molecule has 0 heterocycles. The standard InChI is InChI=1S/C11H24N2O2S/c1-6-16(15)8-7-12-9(2)10(14)13-11(3,4)5/h9,12H,6-8H2,1-5H3,(H,13,14). The molecule has 0 fully saturated rings. The molecule has 2 N–H and O–H groups in total. The molecular weight excluding hydrogens is 224 g/mol. The monoisotopic (exact) mass is 248 g/mol. The van der Waals surface area contributed by atoms with Crippen LogP contribution in [0.15, 0.2) is 0 Å². The third-order valence-corrected chi connectivity index (χ3v) is 3.30. The summed E-state index contributed by atoms with van der Waals surface area (Å²) in [5, 5.41) is 5.96. The van der Waals surface area contributed by atoms with Gasteiger partial charge in [0.1, 0.15) is 0 Å². The van der Waals surface area contributed by atoms with Crippen LogP contribution in [0.3, 0.4) is 0 Å². The fourth-order valence-electron chi connectivity index (χ4n) is 1.10. The predicted molar refractivity (Wildman–Crippen MR) is 68.9 cm³/mol. The summed E-state index contributed by atoms with van der Waals surface area (Å²) in [6, 6.07) is -0.243. The highest BCUT2D eigenvalue weighted by molar-refractivity contribution is 7.84. The first kappa shape index (κ1) is 15.6. The van der Waals surface area contributed by atoms with Gasteiger partial charge in [0.05, 0.1) is 6.04 Å². The minimum absolute atomic E-state index is 0.0187. The molecule has 0 aliphatic carbocycles. The van der Waals surface area contributed by atoms with Crippen molar-refractivity contribution in [1.29, 1.82) is 0 Å². The molecule has 0 radical (unpaired) electrons. The van der Waals surface area contributed by atoms with E-state index >= 15 is 0 Å². The maximum atomic E-state index is 11.7. The van der Waals surface area contributed by atoms with Crippen LogP contribution in [0.1, 0.15) is 34.6 Å². The lowest BCUT2D eigenvalue weighted by molar-refractivity contribution is -0.124. The minimum atomic E-state index is -0.770. The van der Waals surface area contributed by atoms with Crippen molar-refractivity contribution in [1.82, 2.24) is 10.6 Å². The molecule has 0 bridgehead atoms. The van der Waals surface area contributed by atoms with Gasteiger partial charge in [-0.25, -0.2) is 0 Å². The van der Waals surface area contributed by atoms with Crippen molar-refractivity contribution >= 4 is 16.7 Å². The van der Waals surface area contributed by atoms with E-state index in [9.17, 15) is 9.00 Å². The second-order valence-corrected chi connectivity index (χ2v) is 6.71. The molecule has 2 atom stereocenters. The van der Waals surface area contributed by atoms with E-state index in [1.54, 1.807) is 0 Å². The van der Waals surface area contributed by atoms with Crippen LogP contribution in [0.25, 0.3) is 0 Å². The second-order valence-electron chi connectivity index (χ2n) is 4.85. The average Bonchev–Trinajstić information content (AvgIpc) is 2.14. The predicted octanol–water partition coefficient (Wildman–Crippen LogP) is 0.648.